The molecule has 1 aromatic heterocycles. The number of aromatic nitrogens is 1. The highest BCUT2D eigenvalue weighted by atomic mass is 19.1. The Balaban J connectivity index is 1.97. The summed E-state index contributed by atoms with van der Waals surface area (Å²) in [5, 5.41) is 3.22. The highest BCUT2D eigenvalue weighted by Crippen LogP contribution is 2.19. The number of halogens is 1. The minimum absolute atomic E-state index is 0.123. The molecule has 4 heteroatoms. The van der Waals surface area contributed by atoms with Gasteiger partial charge in [0.1, 0.15) is 11.6 Å². The number of benzene rings is 1. The molecule has 0 aliphatic heterocycles. The van der Waals surface area contributed by atoms with E-state index in [0.29, 0.717) is 0 Å². The fraction of sp³-hybridized carbons (Fsp3) is 0.312. The fourth-order valence-electron chi connectivity index (χ4n) is 2.14. The van der Waals surface area contributed by atoms with Gasteiger partial charge in [0.05, 0.1) is 19.0 Å². The van der Waals surface area contributed by atoms with Crippen LogP contribution in [0.25, 0.3) is 0 Å². The molecule has 0 amide bonds. The Morgan fingerprint density at radius 3 is 2.50 bits per heavy atom. The molecule has 106 valence electrons. The summed E-state index contributed by atoms with van der Waals surface area (Å²) < 4.78 is 18.0. The highest BCUT2D eigenvalue weighted by Gasteiger charge is 2.10. The van der Waals surface area contributed by atoms with Crippen molar-refractivity contribution in [2.75, 3.05) is 14.2 Å². The molecule has 0 saturated carbocycles. The third-order valence-electron chi connectivity index (χ3n) is 3.34. The topological polar surface area (TPSA) is 34.1 Å². The molecule has 0 aliphatic rings. The molecule has 20 heavy (non-hydrogen) atoms. The first kappa shape index (κ1) is 14.5. The van der Waals surface area contributed by atoms with Crippen LogP contribution in [0.2, 0.25) is 0 Å². The average molecular weight is 274 g/mol. The van der Waals surface area contributed by atoms with E-state index in [1.54, 1.807) is 13.2 Å². The fourth-order valence-corrected chi connectivity index (χ4v) is 2.14. The lowest BCUT2D eigenvalue weighted by Gasteiger charge is -2.15. The highest BCUT2D eigenvalue weighted by molar-refractivity contribution is 5.27. The van der Waals surface area contributed by atoms with Gasteiger partial charge in [0, 0.05) is 6.04 Å². The Kier molecular flexibility index (Phi) is 5.07. The molecule has 1 unspecified atom stereocenters. The number of ether oxygens (including phenoxy) is 1. The van der Waals surface area contributed by atoms with Crippen LogP contribution in [0.3, 0.4) is 0 Å². The van der Waals surface area contributed by atoms with Crippen molar-refractivity contribution in [2.24, 2.45) is 0 Å². The Morgan fingerprint density at radius 2 is 1.95 bits per heavy atom. The van der Waals surface area contributed by atoms with Gasteiger partial charge in [0.25, 0.3) is 0 Å². The normalized spacial score (nSPS) is 12.2. The summed E-state index contributed by atoms with van der Waals surface area (Å²) >= 11 is 0. The molecule has 0 fully saturated rings. The molecule has 2 rings (SSSR count). The first-order valence-electron chi connectivity index (χ1n) is 6.64. The van der Waals surface area contributed by atoms with E-state index in [0.717, 1.165) is 24.3 Å². The maximum Gasteiger partial charge on any atom is 0.141 e. The first-order valence-corrected chi connectivity index (χ1v) is 6.64. The quantitative estimate of drug-likeness (QED) is 0.878. The molecular weight excluding hydrogens is 255 g/mol. The molecule has 1 N–H and O–H groups in total. The Bertz CT molecular complexity index is 525. The monoisotopic (exact) mass is 274 g/mol. The number of hydrogen-bond acceptors (Lipinski definition) is 3. The van der Waals surface area contributed by atoms with Gasteiger partial charge in [-0.05, 0) is 49.7 Å². The van der Waals surface area contributed by atoms with E-state index in [1.807, 2.05) is 19.2 Å². The molecule has 1 heterocycles. The summed E-state index contributed by atoms with van der Waals surface area (Å²) in [5.41, 5.74) is 2.11. The van der Waals surface area contributed by atoms with Gasteiger partial charge in [0.2, 0.25) is 0 Å². The molecule has 0 bridgehead atoms. The van der Waals surface area contributed by atoms with Crippen molar-refractivity contribution < 1.29 is 9.13 Å². The molecule has 0 aliphatic carbocycles. The number of rotatable bonds is 6. The predicted octanol–water partition coefficient (Wildman–Crippen LogP) is 3.12. The van der Waals surface area contributed by atoms with Crippen molar-refractivity contribution >= 4 is 0 Å². The van der Waals surface area contributed by atoms with Gasteiger partial charge in [-0.1, -0.05) is 12.1 Å². The van der Waals surface area contributed by atoms with Crippen molar-refractivity contribution in [3.05, 3.63) is 59.7 Å². The third kappa shape index (κ3) is 3.78. The smallest absolute Gasteiger partial charge is 0.141 e. The number of nitrogens with one attached hydrogen (secondary N) is 1. The zero-order valence-electron chi connectivity index (χ0n) is 11.8. The summed E-state index contributed by atoms with van der Waals surface area (Å²) in [7, 11) is 3.55. The lowest BCUT2D eigenvalue weighted by atomic mass is 10.0. The summed E-state index contributed by atoms with van der Waals surface area (Å²) in [6, 6.07) is 11.3. The number of pyridine rings is 1. The van der Waals surface area contributed by atoms with Crippen LogP contribution in [0, 0.1) is 5.82 Å². The Morgan fingerprint density at radius 1 is 1.20 bits per heavy atom. The number of nitrogens with zero attached hydrogens (tertiary/aromatic N) is 1. The number of methoxy groups -OCH3 is 1. The van der Waals surface area contributed by atoms with Crippen LogP contribution in [-0.2, 0) is 6.42 Å². The lowest BCUT2D eigenvalue weighted by Crippen LogP contribution is -2.18. The second kappa shape index (κ2) is 7.01. The first-order chi connectivity index (χ1) is 9.72. The SMILES string of the molecule is CNC(CCc1ccc(OC)cc1)c1ccc(F)cn1. The van der Waals surface area contributed by atoms with Gasteiger partial charge in [-0.3, -0.25) is 4.98 Å². The van der Waals surface area contributed by atoms with Crippen LogP contribution in [0.4, 0.5) is 4.39 Å². The molecule has 2 aromatic rings. The van der Waals surface area contributed by atoms with Crippen LogP contribution < -0.4 is 10.1 Å². The van der Waals surface area contributed by atoms with Crippen LogP contribution in [0.15, 0.2) is 42.6 Å². The predicted molar refractivity (Wildman–Crippen MR) is 77.3 cm³/mol. The van der Waals surface area contributed by atoms with E-state index in [9.17, 15) is 4.39 Å². The standard InChI is InChI=1S/C16H19FN2O/c1-18-15(16-10-6-13(17)11-19-16)9-5-12-3-7-14(20-2)8-4-12/h3-4,6-8,10-11,15,18H,5,9H2,1-2H3. The minimum atomic E-state index is -0.307. The van der Waals surface area contributed by atoms with Gasteiger partial charge in [-0.15, -0.1) is 0 Å². The second-order valence-electron chi connectivity index (χ2n) is 4.63. The number of aryl methyl sites for hydroxylation is 1. The Labute approximate surface area is 118 Å². The van der Waals surface area contributed by atoms with Crippen molar-refractivity contribution in [2.45, 2.75) is 18.9 Å². The van der Waals surface area contributed by atoms with Crippen molar-refractivity contribution in [3.63, 3.8) is 0 Å². The van der Waals surface area contributed by atoms with Gasteiger partial charge < -0.3 is 10.1 Å². The van der Waals surface area contributed by atoms with Gasteiger partial charge >= 0.3 is 0 Å². The van der Waals surface area contributed by atoms with E-state index in [2.05, 4.69) is 22.4 Å². The van der Waals surface area contributed by atoms with Crippen molar-refractivity contribution in [3.8, 4) is 5.75 Å². The van der Waals surface area contributed by atoms with Crippen molar-refractivity contribution in [1.82, 2.24) is 10.3 Å². The lowest BCUT2D eigenvalue weighted by molar-refractivity contribution is 0.414. The zero-order chi connectivity index (χ0) is 14.4. The third-order valence-corrected chi connectivity index (χ3v) is 3.34. The zero-order valence-corrected chi connectivity index (χ0v) is 11.8. The van der Waals surface area contributed by atoms with E-state index in [1.165, 1.54) is 17.8 Å². The van der Waals surface area contributed by atoms with E-state index >= 15 is 0 Å². The molecule has 1 atom stereocenters. The number of hydrogen-bond donors (Lipinski definition) is 1. The van der Waals surface area contributed by atoms with Crippen LogP contribution >= 0.6 is 0 Å². The van der Waals surface area contributed by atoms with Crippen LogP contribution in [0.5, 0.6) is 5.75 Å². The van der Waals surface area contributed by atoms with E-state index < -0.39 is 0 Å². The van der Waals surface area contributed by atoms with Gasteiger partial charge in [0.15, 0.2) is 0 Å². The molecule has 0 saturated heterocycles. The van der Waals surface area contributed by atoms with Gasteiger partial charge in [-0.2, -0.15) is 0 Å². The molecular formula is C16H19FN2O. The second-order valence-corrected chi connectivity index (χ2v) is 4.63. The Hall–Kier alpha value is -1.94. The average Bonchev–Trinajstić information content (AvgIpc) is 2.50. The van der Waals surface area contributed by atoms with E-state index in [4.69, 9.17) is 4.74 Å². The molecule has 0 radical (unpaired) electrons. The summed E-state index contributed by atoms with van der Waals surface area (Å²) in [6.45, 7) is 0. The van der Waals surface area contributed by atoms with Crippen LogP contribution in [-0.4, -0.2) is 19.1 Å². The van der Waals surface area contributed by atoms with Crippen molar-refractivity contribution in [1.29, 1.82) is 0 Å². The minimum Gasteiger partial charge on any atom is -0.497 e. The maximum atomic E-state index is 12.9. The maximum absolute atomic E-state index is 12.9. The largest absolute Gasteiger partial charge is 0.497 e. The van der Waals surface area contributed by atoms with Crippen LogP contribution in [0.1, 0.15) is 23.7 Å². The summed E-state index contributed by atoms with van der Waals surface area (Å²) in [5.74, 6) is 0.554. The van der Waals surface area contributed by atoms with Gasteiger partial charge in [-0.25, -0.2) is 4.39 Å². The molecule has 1 aromatic carbocycles. The van der Waals surface area contributed by atoms with E-state index in [-0.39, 0.29) is 11.9 Å². The molecule has 0 spiro atoms. The molecule has 3 nitrogen and oxygen atoms in total. The summed E-state index contributed by atoms with van der Waals surface area (Å²) in [6.07, 6.45) is 3.09. The summed E-state index contributed by atoms with van der Waals surface area (Å²) in [4.78, 5) is 4.13.